The highest BCUT2D eigenvalue weighted by Gasteiger charge is 2.25. The molecule has 0 aliphatic carbocycles. The van der Waals surface area contributed by atoms with E-state index in [2.05, 4.69) is 23.2 Å². The van der Waals surface area contributed by atoms with Gasteiger partial charge < -0.3 is 5.73 Å². The first-order valence-corrected chi connectivity index (χ1v) is 4.69. The molecule has 0 amide bonds. The van der Waals surface area contributed by atoms with Crippen molar-refractivity contribution in [1.29, 1.82) is 0 Å². The van der Waals surface area contributed by atoms with E-state index in [1.165, 1.54) is 5.56 Å². The maximum Gasteiger partial charge on any atom is 0.111 e. The Balaban J connectivity index is 2.30. The summed E-state index contributed by atoms with van der Waals surface area (Å²) in [6, 6.07) is 10.6. The molecule has 1 aromatic rings. The molecule has 2 rings (SSSR count). The number of nitrogens with zero attached hydrogens (tertiary/aromatic N) is 2. The summed E-state index contributed by atoms with van der Waals surface area (Å²) in [5.41, 5.74) is 7.11. The quantitative estimate of drug-likeness (QED) is 0.723. The largest absolute Gasteiger partial charge is 0.385 e. The fourth-order valence-electron chi connectivity index (χ4n) is 1.71. The van der Waals surface area contributed by atoms with Gasteiger partial charge in [-0.2, -0.15) is 0 Å². The van der Waals surface area contributed by atoms with Crippen LogP contribution in [-0.4, -0.2) is 24.1 Å². The van der Waals surface area contributed by atoms with Gasteiger partial charge in [-0.1, -0.05) is 30.3 Å². The molecule has 0 fully saturated rings. The summed E-state index contributed by atoms with van der Waals surface area (Å²) in [6.45, 7) is 0. The molecule has 14 heavy (non-hydrogen) atoms. The van der Waals surface area contributed by atoms with Gasteiger partial charge in [-0.15, -0.1) is 0 Å². The van der Waals surface area contributed by atoms with Gasteiger partial charge in [-0.3, -0.25) is 5.01 Å². The van der Waals surface area contributed by atoms with Gasteiger partial charge in [0, 0.05) is 14.1 Å². The van der Waals surface area contributed by atoms with E-state index in [0.29, 0.717) is 0 Å². The third-order valence-electron chi connectivity index (χ3n) is 2.72. The summed E-state index contributed by atoms with van der Waals surface area (Å²) in [5, 5.41) is 4.07. The van der Waals surface area contributed by atoms with Crippen LogP contribution in [0.2, 0.25) is 0 Å². The van der Waals surface area contributed by atoms with Crippen LogP contribution in [-0.2, 0) is 0 Å². The molecule has 0 saturated heterocycles. The van der Waals surface area contributed by atoms with Crippen molar-refractivity contribution in [2.75, 3.05) is 14.1 Å². The number of hydrogen-bond donors (Lipinski definition) is 1. The topological polar surface area (TPSA) is 32.5 Å². The molecule has 0 saturated carbocycles. The molecule has 0 radical (unpaired) electrons. The molecule has 0 aromatic heterocycles. The number of benzene rings is 1. The van der Waals surface area contributed by atoms with Crippen LogP contribution in [0.15, 0.2) is 42.2 Å². The Bertz CT molecular complexity index is 345. The fraction of sp³-hybridized carbons (Fsp3) is 0.273. The lowest BCUT2D eigenvalue weighted by Crippen LogP contribution is -2.34. The van der Waals surface area contributed by atoms with E-state index in [1.54, 1.807) is 0 Å². The summed E-state index contributed by atoms with van der Waals surface area (Å²) >= 11 is 0. The first-order chi connectivity index (χ1) is 6.70. The van der Waals surface area contributed by atoms with Crippen molar-refractivity contribution >= 4 is 0 Å². The van der Waals surface area contributed by atoms with Gasteiger partial charge in [0.2, 0.25) is 0 Å². The molecule has 2 N–H and O–H groups in total. The molecule has 1 aromatic carbocycles. The second-order valence-corrected chi connectivity index (χ2v) is 3.54. The van der Waals surface area contributed by atoms with Gasteiger partial charge in [0.05, 0.1) is 6.04 Å². The Morgan fingerprint density at radius 1 is 1.14 bits per heavy atom. The Kier molecular flexibility index (Phi) is 2.17. The molecule has 0 bridgehead atoms. The van der Waals surface area contributed by atoms with E-state index < -0.39 is 0 Å². The standard InChI is InChI=1S/C11H15N3/c1-13-10(8-11(12)14(13)2)9-6-4-3-5-7-9/h3-8,10H,12H2,1-2H3. The monoisotopic (exact) mass is 189 g/mol. The zero-order valence-electron chi connectivity index (χ0n) is 8.51. The third-order valence-corrected chi connectivity index (χ3v) is 2.72. The van der Waals surface area contributed by atoms with Crippen molar-refractivity contribution in [1.82, 2.24) is 10.0 Å². The number of hydrazine groups is 1. The Morgan fingerprint density at radius 3 is 2.29 bits per heavy atom. The highest BCUT2D eigenvalue weighted by molar-refractivity contribution is 5.26. The molecule has 1 aliphatic rings. The SMILES string of the molecule is CN1C(N)=CC(c2ccccc2)N1C. The second-order valence-electron chi connectivity index (χ2n) is 3.54. The van der Waals surface area contributed by atoms with E-state index in [4.69, 9.17) is 5.73 Å². The highest BCUT2D eigenvalue weighted by atomic mass is 15.6. The predicted molar refractivity (Wildman–Crippen MR) is 57.0 cm³/mol. The first kappa shape index (κ1) is 9.09. The van der Waals surface area contributed by atoms with Gasteiger partial charge in [0.1, 0.15) is 5.82 Å². The number of rotatable bonds is 1. The summed E-state index contributed by atoms with van der Waals surface area (Å²) in [6.07, 6.45) is 2.06. The normalized spacial score (nSPS) is 22.6. The van der Waals surface area contributed by atoms with Crippen LogP contribution in [0.25, 0.3) is 0 Å². The average Bonchev–Trinajstić information content (AvgIpc) is 2.47. The van der Waals surface area contributed by atoms with Gasteiger partial charge in [0.25, 0.3) is 0 Å². The Morgan fingerprint density at radius 2 is 1.79 bits per heavy atom. The zero-order valence-corrected chi connectivity index (χ0v) is 8.51. The van der Waals surface area contributed by atoms with Gasteiger partial charge in [0.15, 0.2) is 0 Å². The predicted octanol–water partition coefficient (Wildman–Crippen LogP) is 1.32. The van der Waals surface area contributed by atoms with E-state index >= 15 is 0 Å². The van der Waals surface area contributed by atoms with E-state index in [1.807, 2.05) is 37.3 Å². The molecule has 74 valence electrons. The Hall–Kier alpha value is -1.48. The van der Waals surface area contributed by atoms with E-state index in [9.17, 15) is 0 Å². The van der Waals surface area contributed by atoms with Crippen molar-refractivity contribution in [3.8, 4) is 0 Å². The lowest BCUT2D eigenvalue weighted by molar-refractivity contribution is 0.0610. The number of nitrogens with two attached hydrogens (primary N) is 1. The van der Waals surface area contributed by atoms with Crippen LogP contribution in [0.4, 0.5) is 0 Å². The maximum absolute atomic E-state index is 5.84. The van der Waals surface area contributed by atoms with Crippen LogP contribution >= 0.6 is 0 Å². The summed E-state index contributed by atoms with van der Waals surface area (Å²) < 4.78 is 0. The summed E-state index contributed by atoms with van der Waals surface area (Å²) in [7, 11) is 4.00. The summed E-state index contributed by atoms with van der Waals surface area (Å²) in [5.74, 6) is 0.807. The first-order valence-electron chi connectivity index (χ1n) is 4.69. The zero-order chi connectivity index (χ0) is 10.1. The fourth-order valence-corrected chi connectivity index (χ4v) is 1.71. The molecule has 1 unspecified atom stereocenters. The van der Waals surface area contributed by atoms with Gasteiger partial charge >= 0.3 is 0 Å². The van der Waals surface area contributed by atoms with Crippen LogP contribution in [0.5, 0.6) is 0 Å². The lowest BCUT2D eigenvalue weighted by atomic mass is 10.1. The summed E-state index contributed by atoms with van der Waals surface area (Å²) in [4.78, 5) is 0. The van der Waals surface area contributed by atoms with Crippen LogP contribution in [0.1, 0.15) is 11.6 Å². The van der Waals surface area contributed by atoms with Crippen molar-refractivity contribution in [3.05, 3.63) is 47.8 Å². The van der Waals surface area contributed by atoms with Crippen molar-refractivity contribution in [2.45, 2.75) is 6.04 Å². The molecule has 1 aliphatic heterocycles. The second kappa shape index (κ2) is 3.35. The molecule has 0 spiro atoms. The highest BCUT2D eigenvalue weighted by Crippen LogP contribution is 2.28. The number of hydrogen-bond acceptors (Lipinski definition) is 3. The molecular formula is C11H15N3. The number of likely N-dealkylation sites (N-methyl/N-ethyl adjacent to an activating group) is 1. The van der Waals surface area contributed by atoms with Crippen LogP contribution in [0, 0.1) is 0 Å². The molecule has 3 heteroatoms. The maximum atomic E-state index is 5.84. The van der Waals surface area contributed by atoms with Gasteiger partial charge in [-0.25, -0.2) is 5.01 Å². The van der Waals surface area contributed by atoms with Gasteiger partial charge in [-0.05, 0) is 11.6 Å². The third kappa shape index (κ3) is 1.36. The molecule has 1 heterocycles. The lowest BCUT2D eigenvalue weighted by Gasteiger charge is -2.27. The minimum atomic E-state index is 0.265. The Labute approximate surface area is 84.4 Å². The smallest absolute Gasteiger partial charge is 0.111 e. The minimum absolute atomic E-state index is 0.265. The van der Waals surface area contributed by atoms with E-state index in [0.717, 1.165) is 5.82 Å². The average molecular weight is 189 g/mol. The van der Waals surface area contributed by atoms with Crippen molar-refractivity contribution in [2.24, 2.45) is 5.73 Å². The van der Waals surface area contributed by atoms with Crippen molar-refractivity contribution < 1.29 is 0 Å². The van der Waals surface area contributed by atoms with Crippen LogP contribution in [0.3, 0.4) is 0 Å². The molecule has 1 atom stereocenters. The van der Waals surface area contributed by atoms with Crippen molar-refractivity contribution in [3.63, 3.8) is 0 Å². The molecular weight excluding hydrogens is 174 g/mol. The van der Waals surface area contributed by atoms with Crippen LogP contribution < -0.4 is 5.73 Å². The van der Waals surface area contributed by atoms with E-state index in [-0.39, 0.29) is 6.04 Å². The minimum Gasteiger partial charge on any atom is -0.385 e. The molecule has 3 nitrogen and oxygen atoms in total.